The molecule has 4 bridgehead atoms. The van der Waals surface area contributed by atoms with Gasteiger partial charge in [0.05, 0.1) is 26.1 Å². The summed E-state index contributed by atoms with van der Waals surface area (Å²) in [4.78, 5) is 0. The molecule has 3 aromatic rings. The highest BCUT2D eigenvalue weighted by atomic mass is 31.2. The monoisotopic (exact) mass is 597 g/mol. The van der Waals surface area contributed by atoms with Crippen molar-refractivity contribution < 1.29 is 32.3 Å². The molecule has 0 aliphatic carbocycles. The van der Waals surface area contributed by atoms with Crippen molar-refractivity contribution in [3.8, 4) is 11.5 Å². The highest BCUT2D eigenvalue weighted by Gasteiger charge is 2.76. The lowest BCUT2D eigenvalue weighted by molar-refractivity contribution is -0.516. The van der Waals surface area contributed by atoms with Crippen molar-refractivity contribution in [2.24, 2.45) is 0 Å². The smallest absolute Gasteiger partial charge is 0.417 e. The second-order valence-electron chi connectivity index (χ2n) is 11.9. The molecular formula is C32H39O7P2+. The Kier molecular flexibility index (Phi) is 7.70. The molecule has 0 saturated carbocycles. The zero-order valence-electron chi connectivity index (χ0n) is 24.5. The Hall–Kier alpha value is -2.08. The van der Waals surface area contributed by atoms with Crippen LogP contribution in [-0.4, -0.2) is 27.0 Å². The molecule has 3 aromatic carbocycles. The zero-order valence-corrected chi connectivity index (χ0v) is 26.3. The van der Waals surface area contributed by atoms with Gasteiger partial charge in [0.25, 0.3) is 5.79 Å². The number of aliphatic hydroxyl groups is 2. The van der Waals surface area contributed by atoms with Gasteiger partial charge in [-0.15, -0.1) is 0 Å². The topological polar surface area (TPSA) is 68.2 Å². The Labute approximate surface area is 245 Å². The molecule has 5 unspecified atom stereocenters. The van der Waals surface area contributed by atoms with Gasteiger partial charge in [0.15, 0.2) is 13.9 Å². The van der Waals surface area contributed by atoms with Gasteiger partial charge in [-0.3, -0.25) is 9.26 Å². The van der Waals surface area contributed by atoms with E-state index >= 15 is 0 Å². The fraction of sp³-hybridized carbons (Fsp3) is 0.438. The average Bonchev–Trinajstić information content (AvgIpc) is 2.87. The summed E-state index contributed by atoms with van der Waals surface area (Å²) in [5, 5.41) is -0.751. The highest BCUT2D eigenvalue weighted by molar-refractivity contribution is 7.55. The van der Waals surface area contributed by atoms with Crippen LogP contribution >= 0.6 is 16.8 Å². The van der Waals surface area contributed by atoms with E-state index in [1.165, 1.54) is 0 Å². The first kappa shape index (κ1) is 29.0. The summed E-state index contributed by atoms with van der Waals surface area (Å²) >= 11 is 0. The van der Waals surface area contributed by atoms with Crippen LogP contribution in [0.25, 0.3) is 0 Å². The van der Waals surface area contributed by atoms with Gasteiger partial charge in [-0.05, 0) is 62.1 Å². The third-order valence-corrected chi connectivity index (χ3v) is 11.5. The van der Waals surface area contributed by atoms with Crippen molar-refractivity contribution >= 4 is 16.8 Å². The first-order valence-corrected chi connectivity index (χ1v) is 16.4. The van der Waals surface area contributed by atoms with Crippen LogP contribution in [0.5, 0.6) is 11.5 Å². The molecule has 7 nitrogen and oxygen atoms in total. The number of hydrogen-bond donors (Lipinski definition) is 0. The Bertz CT molecular complexity index is 1320. The number of aryl methyl sites for hydroxylation is 2. The van der Waals surface area contributed by atoms with E-state index in [4.69, 9.17) is 32.3 Å². The SMILES string of the molecule is Cc1ccccc1OP(OCc1ccccc1COP1C2(C)CC3(C)OC(C)(CC1(C)[OH+]3)O2)Oc1ccccc1C. The van der Waals surface area contributed by atoms with Crippen molar-refractivity contribution in [1.82, 2.24) is 0 Å². The maximum atomic E-state index is 6.75. The maximum absolute atomic E-state index is 6.75. The normalized spacial score (nSPS) is 31.9. The van der Waals surface area contributed by atoms with Crippen molar-refractivity contribution in [2.45, 2.75) is 89.9 Å². The molecule has 0 amide bonds. The number of ether oxygens (including phenoxy) is 3. The summed E-state index contributed by atoms with van der Waals surface area (Å²) in [6, 6.07) is 24.0. The minimum Gasteiger partial charge on any atom is -0.417 e. The van der Waals surface area contributed by atoms with E-state index in [0.29, 0.717) is 26.1 Å². The number of hydrogen-bond acceptors (Lipinski definition) is 6. The quantitative estimate of drug-likeness (QED) is 0.173. The molecule has 1 N–H and O–H groups in total. The van der Waals surface area contributed by atoms with Crippen LogP contribution in [0, 0.1) is 13.8 Å². The van der Waals surface area contributed by atoms with E-state index in [9.17, 15) is 0 Å². The summed E-state index contributed by atoms with van der Waals surface area (Å²) in [6.07, 6.45) is 1.39. The van der Waals surface area contributed by atoms with E-state index in [0.717, 1.165) is 33.8 Å². The van der Waals surface area contributed by atoms with E-state index in [2.05, 4.69) is 32.9 Å². The molecule has 7 rings (SSSR count). The fourth-order valence-corrected chi connectivity index (χ4v) is 11.0. The molecule has 9 heteroatoms. The third-order valence-electron chi connectivity index (χ3n) is 7.85. The predicted molar refractivity (Wildman–Crippen MR) is 161 cm³/mol. The lowest BCUT2D eigenvalue weighted by atomic mass is 9.98. The molecule has 5 atom stereocenters. The minimum absolute atomic E-state index is 0.320. The van der Waals surface area contributed by atoms with Gasteiger partial charge in [-0.1, -0.05) is 60.7 Å². The van der Waals surface area contributed by atoms with Gasteiger partial charge in [0.2, 0.25) is 5.34 Å². The van der Waals surface area contributed by atoms with Crippen LogP contribution in [0.3, 0.4) is 0 Å². The third kappa shape index (κ3) is 5.92. The lowest BCUT2D eigenvalue weighted by Gasteiger charge is -2.65. The van der Waals surface area contributed by atoms with Crippen molar-refractivity contribution in [2.75, 3.05) is 0 Å². The van der Waals surface area contributed by atoms with Gasteiger partial charge in [0, 0.05) is 13.8 Å². The molecule has 4 fully saturated rings. The summed E-state index contributed by atoms with van der Waals surface area (Å²) in [7, 11) is -2.75. The van der Waals surface area contributed by atoms with Gasteiger partial charge >= 0.3 is 8.60 Å². The number of para-hydroxylation sites is 2. The molecule has 4 saturated heterocycles. The molecular weight excluding hydrogens is 558 g/mol. The molecule has 0 aromatic heterocycles. The molecule has 4 heterocycles. The number of benzene rings is 3. The summed E-state index contributed by atoms with van der Waals surface area (Å²) in [6.45, 7) is 13.3. The second-order valence-corrected chi connectivity index (χ2v) is 15.7. The molecule has 4 aliphatic heterocycles. The average molecular weight is 598 g/mol. The fourth-order valence-electron chi connectivity index (χ4n) is 6.58. The minimum atomic E-state index is -1.72. The van der Waals surface area contributed by atoms with Crippen LogP contribution in [0.4, 0.5) is 0 Å². The summed E-state index contributed by atoms with van der Waals surface area (Å²) in [5.74, 6) is 0.321. The largest absolute Gasteiger partial charge is 0.463 e. The molecule has 4 aliphatic rings. The Balaban J connectivity index is 1.18. The van der Waals surface area contributed by atoms with Crippen LogP contribution in [0.1, 0.15) is 62.8 Å². The molecule has 0 spiro atoms. The summed E-state index contributed by atoms with van der Waals surface area (Å²) in [5.41, 5.74) is 4.13. The van der Waals surface area contributed by atoms with E-state index in [1.54, 1.807) is 0 Å². The lowest BCUT2D eigenvalue weighted by Crippen LogP contribution is -2.73. The Morgan fingerprint density at radius 2 is 1.32 bits per heavy atom. The van der Waals surface area contributed by atoms with Gasteiger partial charge in [-0.2, -0.15) is 0 Å². The highest BCUT2D eigenvalue weighted by Crippen LogP contribution is 2.76. The summed E-state index contributed by atoms with van der Waals surface area (Å²) < 4.78 is 43.6. The zero-order chi connectivity index (χ0) is 28.9. The molecule has 41 heavy (non-hydrogen) atoms. The van der Waals surface area contributed by atoms with Crippen molar-refractivity contribution in [3.05, 3.63) is 95.1 Å². The first-order valence-electron chi connectivity index (χ1n) is 14.0. The maximum Gasteiger partial charge on any atom is 0.463 e. The van der Waals surface area contributed by atoms with E-state index < -0.39 is 33.7 Å². The van der Waals surface area contributed by atoms with Crippen LogP contribution in [0.15, 0.2) is 72.8 Å². The van der Waals surface area contributed by atoms with Crippen molar-refractivity contribution in [3.63, 3.8) is 0 Å². The first-order chi connectivity index (χ1) is 19.5. The molecule has 218 valence electrons. The Morgan fingerprint density at radius 3 is 1.88 bits per heavy atom. The van der Waals surface area contributed by atoms with E-state index in [1.807, 2.05) is 81.4 Å². The molecule has 0 radical (unpaired) electrons. The van der Waals surface area contributed by atoms with Crippen LogP contribution in [0.2, 0.25) is 0 Å². The van der Waals surface area contributed by atoms with Crippen molar-refractivity contribution in [1.29, 1.82) is 0 Å². The predicted octanol–water partition coefficient (Wildman–Crippen LogP) is 8.37. The van der Waals surface area contributed by atoms with Gasteiger partial charge in [0.1, 0.15) is 16.8 Å². The van der Waals surface area contributed by atoms with Gasteiger partial charge < -0.3 is 23.0 Å². The van der Waals surface area contributed by atoms with Gasteiger partial charge in [-0.25, -0.2) is 0 Å². The van der Waals surface area contributed by atoms with E-state index in [-0.39, 0.29) is 5.34 Å². The number of rotatable bonds is 10. The second kappa shape index (κ2) is 10.9. The van der Waals surface area contributed by atoms with Crippen LogP contribution < -0.4 is 9.05 Å². The standard InChI is InChI=1S/C32H38O7P2/c1-23-13-7-11-17-27(23)35-41(36-28-18-12-8-14-24(28)2)34-20-26-16-10-9-15-25(26)19-33-40-31(5)21-29(3)37-30(4,39-31)22-32(40,6)38-29/h7-18H,19-22H2,1-6H3/p+1. The van der Waals surface area contributed by atoms with Crippen LogP contribution in [-0.2, 0) is 31.7 Å². The Morgan fingerprint density at radius 1 is 0.756 bits per heavy atom.